The zero-order chi connectivity index (χ0) is 15.3. The minimum atomic E-state index is -0.577. The van der Waals surface area contributed by atoms with E-state index in [-0.39, 0.29) is 11.6 Å². The molecule has 8 heteroatoms. The molecule has 0 bridgehead atoms. The summed E-state index contributed by atoms with van der Waals surface area (Å²) in [5.74, 6) is -0.465. The molecule has 2 N–H and O–H groups in total. The van der Waals surface area contributed by atoms with E-state index in [0.29, 0.717) is 16.3 Å². The van der Waals surface area contributed by atoms with Crippen LogP contribution in [0.15, 0.2) is 36.4 Å². The number of fused-ring (bicyclic) bond motifs is 3. The fourth-order valence-electron chi connectivity index (χ4n) is 2.23. The Morgan fingerprint density at radius 2 is 1.95 bits per heavy atom. The van der Waals surface area contributed by atoms with Gasteiger partial charge in [0.05, 0.1) is 16.7 Å². The molecule has 2 aromatic heterocycles. The van der Waals surface area contributed by atoms with Crippen LogP contribution in [0.3, 0.4) is 0 Å². The van der Waals surface area contributed by atoms with Crippen LogP contribution in [-0.4, -0.2) is 19.6 Å². The van der Waals surface area contributed by atoms with E-state index in [9.17, 15) is 8.78 Å². The number of nitrogens with one attached hydrogen (secondary N) is 2. The SMILES string of the molecule is Fc1ccc(F)c(Nc2nc3nc4cc(Cl)ccc4n3[nH]2)c1. The minimum absolute atomic E-state index is 0.00986. The summed E-state index contributed by atoms with van der Waals surface area (Å²) in [5, 5.41) is 6.21. The van der Waals surface area contributed by atoms with Crippen LogP contribution in [0.1, 0.15) is 0 Å². The number of anilines is 2. The first-order chi connectivity index (χ1) is 10.6. The third-order valence-electron chi connectivity index (χ3n) is 3.21. The van der Waals surface area contributed by atoms with E-state index in [1.165, 1.54) is 0 Å². The van der Waals surface area contributed by atoms with Gasteiger partial charge in [0.1, 0.15) is 11.6 Å². The number of halogens is 3. The molecule has 0 saturated carbocycles. The number of nitrogens with zero attached hydrogens (tertiary/aromatic N) is 3. The van der Waals surface area contributed by atoms with E-state index in [4.69, 9.17) is 11.6 Å². The van der Waals surface area contributed by atoms with Gasteiger partial charge in [0, 0.05) is 11.1 Å². The van der Waals surface area contributed by atoms with E-state index in [0.717, 1.165) is 23.7 Å². The summed E-state index contributed by atoms with van der Waals surface area (Å²) in [4.78, 5) is 8.51. The summed E-state index contributed by atoms with van der Waals surface area (Å²) >= 11 is 5.91. The minimum Gasteiger partial charge on any atom is -0.322 e. The lowest BCUT2D eigenvalue weighted by atomic mass is 10.3. The van der Waals surface area contributed by atoms with E-state index in [1.54, 1.807) is 22.7 Å². The van der Waals surface area contributed by atoms with Crippen molar-refractivity contribution in [3.63, 3.8) is 0 Å². The van der Waals surface area contributed by atoms with Crippen LogP contribution < -0.4 is 5.32 Å². The second-order valence-electron chi connectivity index (χ2n) is 4.70. The smallest absolute Gasteiger partial charge is 0.253 e. The Balaban J connectivity index is 1.78. The predicted octanol–water partition coefficient (Wildman–Crippen LogP) is 3.89. The lowest BCUT2D eigenvalue weighted by Crippen LogP contribution is -1.97. The fourth-order valence-corrected chi connectivity index (χ4v) is 2.40. The number of hydrogen-bond donors (Lipinski definition) is 2. The van der Waals surface area contributed by atoms with Crippen molar-refractivity contribution in [3.05, 3.63) is 53.1 Å². The number of benzene rings is 2. The highest BCUT2D eigenvalue weighted by atomic mass is 35.5. The van der Waals surface area contributed by atoms with E-state index in [2.05, 4.69) is 20.4 Å². The fraction of sp³-hybridized carbons (Fsp3) is 0. The maximum absolute atomic E-state index is 13.6. The van der Waals surface area contributed by atoms with Crippen molar-refractivity contribution in [1.82, 2.24) is 19.6 Å². The standard InChI is InChI=1S/C14H8ClF2N5/c15-7-1-4-12-11(5-7)19-14-20-13(21-22(12)14)18-10-6-8(16)2-3-9(10)17/h1-6H,(H2,18,19,20,21). The average molecular weight is 320 g/mol. The second kappa shape index (κ2) is 4.67. The van der Waals surface area contributed by atoms with Crippen LogP contribution in [0.4, 0.5) is 20.4 Å². The molecule has 0 radical (unpaired) electrons. The maximum atomic E-state index is 13.6. The topological polar surface area (TPSA) is 58.0 Å². The highest BCUT2D eigenvalue weighted by Crippen LogP contribution is 2.23. The molecule has 0 fully saturated rings. The highest BCUT2D eigenvalue weighted by Gasteiger charge is 2.11. The van der Waals surface area contributed by atoms with Crippen LogP contribution in [-0.2, 0) is 0 Å². The molecule has 0 amide bonds. The molecule has 4 rings (SSSR count). The molecule has 0 unspecified atom stereocenters. The van der Waals surface area contributed by atoms with E-state index in [1.807, 2.05) is 0 Å². The Morgan fingerprint density at radius 3 is 2.82 bits per heavy atom. The summed E-state index contributed by atoms with van der Waals surface area (Å²) in [6.45, 7) is 0. The summed E-state index contributed by atoms with van der Waals surface area (Å²) in [6.07, 6.45) is 0. The van der Waals surface area contributed by atoms with Gasteiger partial charge >= 0.3 is 0 Å². The van der Waals surface area contributed by atoms with Gasteiger partial charge in [-0.05, 0) is 30.3 Å². The van der Waals surface area contributed by atoms with Crippen LogP contribution >= 0.6 is 11.6 Å². The van der Waals surface area contributed by atoms with Gasteiger partial charge in [0.25, 0.3) is 5.78 Å². The van der Waals surface area contributed by atoms with Gasteiger partial charge in [-0.1, -0.05) is 11.6 Å². The van der Waals surface area contributed by atoms with Gasteiger partial charge in [-0.25, -0.2) is 18.3 Å². The van der Waals surface area contributed by atoms with Crippen molar-refractivity contribution in [2.75, 3.05) is 5.32 Å². The molecule has 0 atom stereocenters. The number of aromatic nitrogens is 4. The van der Waals surface area contributed by atoms with Gasteiger partial charge < -0.3 is 5.32 Å². The van der Waals surface area contributed by atoms with Gasteiger partial charge in [-0.3, -0.25) is 5.10 Å². The molecule has 0 aliphatic rings. The highest BCUT2D eigenvalue weighted by molar-refractivity contribution is 6.31. The van der Waals surface area contributed by atoms with E-state index >= 15 is 0 Å². The lowest BCUT2D eigenvalue weighted by Gasteiger charge is -2.03. The van der Waals surface area contributed by atoms with Gasteiger partial charge in [0.2, 0.25) is 5.95 Å². The number of hydrogen-bond acceptors (Lipinski definition) is 3. The van der Waals surface area contributed by atoms with E-state index < -0.39 is 11.6 Å². The van der Waals surface area contributed by atoms with Crippen molar-refractivity contribution in [2.45, 2.75) is 0 Å². The van der Waals surface area contributed by atoms with Crippen molar-refractivity contribution < 1.29 is 8.78 Å². The second-order valence-corrected chi connectivity index (χ2v) is 5.14. The van der Waals surface area contributed by atoms with Crippen LogP contribution in [0, 0.1) is 11.6 Å². The molecule has 0 aliphatic carbocycles. The van der Waals surface area contributed by atoms with Crippen molar-refractivity contribution in [2.24, 2.45) is 0 Å². The molecule has 0 spiro atoms. The molecule has 0 aliphatic heterocycles. The van der Waals surface area contributed by atoms with Crippen LogP contribution in [0.2, 0.25) is 5.02 Å². The molecule has 0 saturated heterocycles. The van der Waals surface area contributed by atoms with Crippen molar-refractivity contribution in [1.29, 1.82) is 0 Å². The van der Waals surface area contributed by atoms with Crippen molar-refractivity contribution >= 4 is 40.0 Å². The Labute approximate surface area is 127 Å². The number of imidazole rings is 1. The molecule has 5 nitrogen and oxygen atoms in total. The summed E-state index contributed by atoms with van der Waals surface area (Å²) < 4.78 is 28.4. The molecule has 22 heavy (non-hydrogen) atoms. The summed E-state index contributed by atoms with van der Waals surface area (Å²) in [7, 11) is 0. The Morgan fingerprint density at radius 1 is 1.09 bits per heavy atom. The molecule has 2 aromatic carbocycles. The Hall–Kier alpha value is -2.67. The van der Waals surface area contributed by atoms with Crippen molar-refractivity contribution in [3.8, 4) is 0 Å². The van der Waals surface area contributed by atoms with Gasteiger partial charge in [-0.15, -0.1) is 0 Å². The number of aromatic amines is 1. The molecule has 110 valence electrons. The number of H-pyrrole nitrogens is 1. The monoisotopic (exact) mass is 319 g/mol. The normalized spacial score (nSPS) is 11.4. The quantitative estimate of drug-likeness (QED) is 0.589. The Bertz CT molecular complexity index is 1010. The average Bonchev–Trinajstić information content (AvgIpc) is 2.99. The summed E-state index contributed by atoms with van der Waals surface area (Å²) in [5.41, 5.74) is 1.46. The van der Waals surface area contributed by atoms with Crippen LogP contribution in [0.5, 0.6) is 0 Å². The van der Waals surface area contributed by atoms with Crippen LogP contribution in [0.25, 0.3) is 16.8 Å². The molecule has 2 heterocycles. The number of rotatable bonds is 2. The van der Waals surface area contributed by atoms with Gasteiger partial charge in [0.15, 0.2) is 0 Å². The summed E-state index contributed by atoms with van der Waals surface area (Å²) in [6, 6.07) is 8.40. The van der Waals surface area contributed by atoms with Gasteiger partial charge in [-0.2, -0.15) is 4.98 Å². The first-order valence-corrected chi connectivity index (χ1v) is 6.74. The zero-order valence-electron chi connectivity index (χ0n) is 10.9. The maximum Gasteiger partial charge on any atom is 0.253 e. The predicted molar refractivity (Wildman–Crippen MR) is 79.5 cm³/mol. The molecular formula is C14H8ClF2N5. The first kappa shape index (κ1) is 13.0. The molecule has 4 aromatic rings. The lowest BCUT2D eigenvalue weighted by molar-refractivity contribution is 0.603. The first-order valence-electron chi connectivity index (χ1n) is 6.36. The molecular weight excluding hydrogens is 312 g/mol. The third-order valence-corrected chi connectivity index (χ3v) is 3.44. The largest absolute Gasteiger partial charge is 0.322 e. The zero-order valence-corrected chi connectivity index (χ0v) is 11.7. The Kier molecular flexibility index (Phi) is 2.77. The third kappa shape index (κ3) is 2.06.